The van der Waals surface area contributed by atoms with Crippen molar-refractivity contribution < 1.29 is 9.59 Å². The highest BCUT2D eigenvalue weighted by Gasteiger charge is 2.38. The number of carbonyl (C=O) groups excluding carboxylic acids is 2. The summed E-state index contributed by atoms with van der Waals surface area (Å²) in [7, 11) is 0. The Morgan fingerprint density at radius 1 is 1.09 bits per heavy atom. The van der Waals surface area contributed by atoms with Gasteiger partial charge in [-0.3, -0.25) is 14.9 Å². The Morgan fingerprint density at radius 2 is 1.45 bits per heavy atom. The molecule has 0 aromatic heterocycles. The van der Waals surface area contributed by atoms with Gasteiger partial charge >= 0.3 is 0 Å². The molecule has 2 atom stereocenters. The molecule has 0 saturated carbocycles. The zero-order chi connectivity index (χ0) is 8.43. The quantitative estimate of drug-likeness (QED) is 0.596. The number of nitrogens with one attached hydrogen (secondary N) is 1. The maximum atomic E-state index is 11.1. The molecule has 1 aliphatic heterocycles. The van der Waals surface area contributed by atoms with Crippen molar-refractivity contribution in [1.29, 1.82) is 0 Å². The van der Waals surface area contributed by atoms with Gasteiger partial charge in [-0.2, -0.15) is 0 Å². The van der Waals surface area contributed by atoms with Crippen molar-refractivity contribution >= 4 is 11.8 Å². The van der Waals surface area contributed by atoms with E-state index in [1.807, 2.05) is 13.8 Å². The number of hydrogen-bond acceptors (Lipinski definition) is 2. The Bertz CT molecular complexity index is 169. The van der Waals surface area contributed by atoms with Crippen molar-refractivity contribution in [1.82, 2.24) is 5.32 Å². The molecule has 1 fully saturated rings. The first-order valence-electron chi connectivity index (χ1n) is 4.05. The predicted octanol–water partition coefficient (Wildman–Crippen LogP) is 0.695. The highest BCUT2D eigenvalue weighted by Crippen LogP contribution is 2.24. The minimum absolute atomic E-state index is 0.0764. The largest absolute Gasteiger partial charge is 0.296 e. The number of rotatable bonds is 2. The lowest BCUT2D eigenvalue weighted by Gasteiger charge is -2.09. The van der Waals surface area contributed by atoms with Crippen molar-refractivity contribution in [3.05, 3.63) is 0 Å². The van der Waals surface area contributed by atoms with Crippen molar-refractivity contribution in [3.63, 3.8) is 0 Å². The van der Waals surface area contributed by atoms with E-state index in [1.54, 1.807) is 0 Å². The number of hydrogen-bond donors (Lipinski definition) is 1. The van der Waals surface area contributed by atoms with Crippen LogP contribution in [-0.2, 0) is 9.59 Å². The zero-order valence-corrected chi connectivity index (χ0v) is 6.89. The second kappa shape index (κ2) is 3.03. The fourth-order valence-corrected chi connectivity index (χ4v) is 1.61. The van der Waals surface area contributed by atoms with E-state index in [2.05, 4.69) is 5.32 Å². The third-order valence-corrected chi connectivity index (χ3v) is 2.29. The van der Waals surface area contributed by atoms with Crippen LogP contribution in [0.5, 0.6) is 0 Å². The van der Waals surface area contributed by atoms with Crippen LogP contribution in [0.2, 0.25) is 0 Å². The summed E-state index contributed by atoms with van der Waals surface area (Å²) in [4.78, 5) is 22.1. The second-order valence-electron chi connectivity index (χ2n) is 2.88. The van der Waals surface area contributed by atoms with Gasteiger partial charge in [0.05, 0.1) is 0 Å². The van der Waals surface area contributed by atoms with Gasteiger partial charge in [-0.05, 0) is 12.8 Å². The topological polar surface area (TPSA) is 46.2 Å². The predicted molar refractivity (Wildman–Crippen MR) is 40.7 cm³/mol. The summed E-state index contributed by atoms with van der Waals surface area (Å²) in [5.74, 6) is -0.339. The molecule has 1 heterocycles. The van der Waals surface area contributed by atoms with Crippen LogP contribution in [0.4, 0.5) is 0 Å². The molecule has 0 spiro atoms. The van der Waals surface area contributed by atoms with Gasteiger partial charge < -0.3 is 0 Å². The summed E-state index contributed by atoms with van der Waals surface area (Å²) in [6.45, 7) is 3.87. The molecule has 0 bridgehead atoms. The summed E-state index contributed by atoms with van der Waals surface area (Å²) < 4.78 is 0. The summed E-state index contributed by atoms with van der Waals surface area (Å²) in [6, 6.07) is 0. The first-order chi connectivity index (χ1) is 5.20. The second-order valence-corrected chi connectivity index (χ2v) is 2.88. The van der Waals surface area contributed by atoms with E-state index < -0.39 is 0 Å². The average molecular weight is 155 g/mol. The Morgan fingerprint density at radius 3 is 1.73 bits per heavy atom. The van der Waals surface area contributed by atoms with Gasteiger partial charge in [0, 0.05) is 11.8 Å². The fraction of sp³-hybridized carbons (Fsp3) is 0.750. The van der Waals surface area contributed by atoms with Crippen molar-refractivity contribution in [3.8, 4) is 0 Å². The van der Waals surface area contributed by atoms with E-state index in [0.29, 0.717) is 0 Å². The zero-order valence-electron chi connectivity index (χ0n) is 6.89. The Labute approximate surface area is 66.2 Å². The molecule has 0 unspecified atom stereocenters. The normalized spacial score (nSPS) is 30.7. The van der Waals surface area contributed by atoms with Crippen LogP contribution >= 0.6 is 0 Å². The molecule has 3 heteroatoms. The molecule has 2 amide bonds. The SMILES string of the molecule is CC[C@@H]1C(=O)NC(=O)[C@H]1CC. The van der Waals surface area contributed by atoms with Gasteiger partial charge in [-0.25, -0.2) is 0 Å². The minimum atomic E-state index is -0.0932. The first-order valence-corrected chi connectivity index (χ1v) is 4.05. The molecule has 3 nitrogen and oxygen atoms in total. The van der Waals surface area contributed by atoms with Crippen LogP contribution in [0, 0.1) is 11.8 Å². The van der Waals surface area contributed by atoms with Crippen molar-refractivity contribution in [2.75, 3.05) is 0 Å². The molecule has 1 rings (SSSR count). The standard InChI is InChI=1S/C8H13NO2/c1-3-5-6(4-2)8(11)9-7(5)10/h5-6H,3-4H2,1-2H3,(H,9,10,11)/t5-,6-/m0/s1. The maximum absolute atomic E-state index is 11.1. The number of carbonyl (C=O) groups is 2. The number of amides is 2. The van der Waals surface area contributed by atoms with Crippen molar-refractivity contribution in [2.45, 2.75) is 26.7 Å². The van der Waals surface area contributed by atoms with E-state index >= 15 is 0 Å². The molecule has 62 valence electrons. The molecule has 0 radical (unpaired) electrons. The van der Waals surface area contributed by atoms with Crippen LogP contribution in [-0.4, -0.2) is 11.8 Å². The molecule has 0 aromatic carbocycles. The van der Waals surface area contributed by atoms with E-state index in [1.165, 1.54) is 0 Å². The monoisotopic (exact) mass is 155 g/mol. The third-order valence-electron chi connectivity index (χ3n) is 2.29. The molecule has 0 aromatic rings. The minimum Gasteiger partial charge on any atom is -0.296 e. The van der Waals surface area contributed by atoms with Gasteiger partial charge in [0.15, 0.2) is 0 Å². The van der Waals surface area contributed by atoms with E-state index in [0.717, 1.165) is 12.8 Å². The Kier molecular flexibility index (Phi) is 2.27. The van der Waals surface area contributed by atoms with Gasteiger partial charge in [-0.15, -0.1) is 0 Å². The molecular formula is C8H13NO2. The van der Waals surface area contributed by atoms with Crippen LogP contribution in [0.3, 0.4) is 0 Å². The molecular weight excluding hydrogens is 142 g/mol. The van der Waals surface area contributed by atoms with E-state index in [9.17, 15) is 9.59 Å². The highest BCUT2D eigenvalue weighted by molar-refractivity contribution is 6.04. The fourth-order valence-electron chi connectivity index (χ4n) is 1.61. The third kappa shape index (κ3) is 1.27. The van der Waals surface area contributed by atoms with Crippen molar-refractivity contribution in [2.24, 2.45) is 11.8 Å². The molecule has 0 aliphatic carbocycles. The lowest BCUT2D eigenvalue weighted by atomic mass is 9.91. The van der Waals surface area contributed by atoms with Crippen LogP contribution in [0.1, 0.15) is 26.7 Å². The van der Waals surface area contributed by atoms with Gasteiger partial charge in [0.2, 0.25) is 11.8 Å². The lowest BCUT2D eigenvalue weighted by Crippen LogP contribution is -2.22. The summed E-state index contributed by atoms with van der Waals surface area (Å²) >= 11 is 0. The van der Waals surface area contributed by atoms with Gasteiger partial charge in [-0.1, -0.05) is 13.8 Å². The van der Waals surface area contributed by atoms with Gasteiger partial charge in [0.25, 0.3) is 0 Å². The summed E-state index contributed by atoms with van der Waals surface area (Å²) in [6.07, 6.45) is 1.52. The first kappa shape index (κ1) is 8.24. The number of imide groups is 1. The lowest BCUT2D eigenvalue weighted by molar-refractivity contribution is -0.126. The maximum Gasteiger partial charge on any atom is 0.230 e. The van der Waals surface area contributed by atoms with Crippen LogP contribution in [0.25, 0.3) is 0 Å². The average Bonchev–Trinajstić information content (AvgIpc) is 2.24. The summed E-state index contributed by atoms with van der Waals surface area (Å²) in [5.41, 5.74) is 0. The van der Waals surface area contributed by atoms with Crippen LogP contribution < -0.4 is 5.32 Å². The summed E-state index contributed by atoms with van der Waals surface area (Å²) in [5, 5.41) is 2.34. The molecule has 1 N–H and O–H groups in total. The molecule has 1 aliphatic rings. The molecule has 1 saturated heterocycles. The molecule has 11 heavy (non-hydrogen) atoms. The Hall–Kier alpha value is -0.860. The highest BCUT2D eigenvalue weighted by atomic mass is 16.2. The smallest absolute Gasteiger partial charge is 0.230 e. The van der Waals surface area contributed by atoms with Gasteiger partial charge in [0.1, 0.15) is 0 Å². The van der Waals surface area contributed by atoms with E-state index in [-0.39, 0.29) is 23.7 Å². The van der Waals surface area contributed by atoms with Crippen LogP contribution in [0.15, 0.2) is 0 Å². The van der Waals surface area contributed by atoms with E-state index in [4.69, 9.17) is 0 Å². The Balaban J connectivity index is 2.74.